The molecule has 15 heavy (non-hydrogen) atoms. The Bertz CT molecular complexity index is 473. The topological polar surface area (TPSA) is 35.0 Å². The van der Waals surface area contributed by atoms with Crippen molar-refractivity contribution in [2.24, 2.45) is 0 Å². The lowest BCUT2D eigenvalue weighted by atomic mass is 10.2. The minimum atomic E-state index is 0.646. The van der Waals surface area contributed by atoms with E-state index in [2.05, 4.69) is 25.9 Å². The van der Waals surface area contributed by atoms with E-state index in [-0.39, 0.29) is 0 Å². The minimum absolute atomic E-state index is 0.646. The van der Waals surface area contributed by atoms with Crippen LogP contribution in [0.2, 0.25) is 0 Å². The molecule has 3 nitrogen and oxygen atoms in total. The maximum Gasteiger partial charge on any atom is 0.130 e. The molecule has 0 aliphatic rings. The number of aromatic nitrogens is 2. The predicted molar refractivity (Wildman–Crippen MR) is 63.6 cm³/mol. The smallest absolute Gasteiger partial charge is 0.130 e. The molecule has 2 aromatic rings. The maximum atomic E-state index is 5.58. The van der Waals surface area contributed by atoms with Gasteiger partial charge in [0.15, 0.2) is 0 Å². The Hall–Kier alpha value is -1.16. The van der Waals surface area contributed by atoms with E-state index in [0.717, 1.165) is 27.8 Å². The van der Waals surface area contributed by atoms with E-state index in [1.165, 1.54) is 0 Å². The largest absolute Gasteiger partial charge is 0.492 e. The van der Waals surface area contributed by atoms with Crippen molar-refractivity contribution in [3.8, 4) is 5.75 Å². The van der Waals surface area contributed by atoms with Gasteiger partial charge in [-0.15, -0.1) is 0 Å². The van der Waals surface area contributed by atoms with Crippen molar-refractivity contribution in [3.63, 3.8) is 0 Å². The zero-order valence-corrected chi connectivity index (χ0v) is 9.99. The van der Waals surface area contributed by atoms with Crippen molar-refractivity contribution < 1.29 is 4.74 Å². The van der Waals surface area contributed by atoms with Crippen LogP contribution < -0.4 is 4.74 Å². The zero-order chi connectivity index (χ0) is 10.7. The summed E-state index contributed by atoms with van der Waals surface area (Å²) in [5.41, 5.74) is 0.926. The molecule has 0 saturated carbocycles. The third-order valence-corrected chi connectivity index (χ3v) is 2.36. The molecule has 0 amide bonds. The van der Waals surface area contributed by atoms with Crippen LogP contribution >= 0.6 is 15.9 Å². The number of halogens is 1. The highest BCUT2D eigenvalue weighted by Crippen LogP contribution is 2.23. The number of ether oxygens (including phenoxy) is 1. The molecule has 0 atom stereocenters. The second-order valence-corrected chi connectivity index (χ2v) is 3.94. The van der Waals surface area contributed by atoms with Gasteiger partial charge in [0.2, 0.25) is 0 Å². The molecule has 1 aromatic heterocycles. The summed E-state index contributed by atoms with van der Waals surface area (Å²) in [5.74, 6) is 1.62. The first-order valence-corrected chi connectivity index (χ1v) is 5.84. The standard InChI is InChI=1S/C11H11BrN2O/c1-8-13-7-9-10(14-8)3-2-4-11(9)15-6-5-12/h2-4,7H,5-6H2,1H3. The van der Waals surface area contributed by atoms with Crippen LogP contribution in [0.15, 0.2) is 24.4 Å². The Morgan fingerprint density at radius 2 is 2.27 bits per heavy atom. The lowest BCUT2D eigenvalue weighted by Gasteiger charge is -2.07. The molecule has 1 heterocycles. The molecule has 0 aliphatic carbocycles. The molecule has 0 radical (unpaired) electrons. The summed E-state index contributed by atoms with van der Waals surface area (Å²) in [6.45, 7) is 2.53. The molecule has 0 spiro atoms. The average molecular weight is 267 g/mol. The average Bonchev–Trinajstić information content (AvgIpc) is 2.25. The normalized spacial score (nSPS) is 10.5. The fraction of sp³-hybridized carbons (Fsp3) is 0.273. The van der Waals surface area contributed by atoms with Gasteiger partial charge in [-0.3, -0.25) is 0 Å². The van der Waals surface area contributed by atoms with Crippen molar-refractivity contribution in [3.05, 3.63) is 30.2 Å². The van der Waals surface area contributed by atoms with Crippen LogP contribution in [0.5, 0.6) is 5.75 Å². The molecule has 0 N–H and O–H groups in total. The molecule has 0 saturated heterocycles. The lowest BCUT2D eigenvalue weighted by molar-refractivity contribution is 0.349. The molecule has 0 bridgehead atoms. The number of fused-ring (bicyclic) bond motifs is 1. The van der Waals surface area contributed by atoms with Gasteiger partial charge in [0.1, 0.15) is 11.6 Å². The summed E-state index contributed by atoms with van der Waals surface area (Å²) >= 11 is 3.33. The van der Waals surface area contributed by atoms with Gasteiger partial charge in [-0.1, -0.05) is 22.0 Å². The highest BCUT2D eigenvalue weighted by Gasteiger charge is 2.03. The Morgan fingerprint density at radius 1 is 1.40 bits per heavy atom. The third-order valence-electron chi connectivity index (χ3n) is 2.04. The molecule has 78 valence electrons. The van der Waals surface area contributed by atoms with Crippen LogP contribution in [0.3, 0.4) is 0 Å². The fourth-order valence-electron chi connectivity index (χ4n) is 1.40. The molecular weight excluding hydrogens is 256 g/mol. The summed E-state index contributed by atoms with van der Waals surface area (Å²) in [4.78, 5) is 8.51. The van der Waals surface area contributed by atoms with Crippen LogP contribution in [0.4, 0.5) is 0 Å². The molecule has 1 aromatic carbocycles. The molecule has 2 rings (SSSR count). The lowest BCUT2D eigenvalue weighted by Crippen LogP contribution is -1.99. The first kappa shape index (κ1) is 10.4. The molecule has 0 aliphatic heterocycles. The zero-order valence-electron chi connectivity index (χ0n) is 8.40. The molecule has 0 fully saturated rings. The maximum absolute atomic E-state index is 5.58. The van der Waals surface area contributed by atoms with Crippen molar-refractivity contribution >= 4 is 26.8 Å². The summed E-state index contributed by atoms with van der Waals surface area (Å²) < 4.78 is 5.58. The number of hydrogen-bond donors (Lipinski definition) is 0. The van der Waals surface area contributed by atoms with Gasteiger partial charge >= 0.3 is 0 Å². The quantitative estimate of drug-likeness (QED) is 0.802. The van der Waals surface area contributed by atoms with Crippen LogP contribution in [0.1, 0.15) is 5.82 Å². The van der Waals surface area contributed by atoms with Crippen LogP contribution in [-0.2, 0) is 0 Å². The third kappa shape index (κ3) is 2.26. The Labute approximate surface area is 96.6 Å². The first-order valence-electron chi connectivity index (χ1n) is 4.72. The highest BCUT2D eigenvalue weighted by atomic mass is 79.9. The second-order valence-electron chi connectivity index (χ2n) is 3.14. The Kier molecular flexibility index (Phi) is 3.16. The first-order chi connectivity index (χ1) is 7.31. The number of hydrogen-bond acceptors (Lipinski definition) is 3. The van der Waals surface area contributed by atoms with Crippen LogP contribution in [0.25, 0.3) is 10.9 Å². The van der Waals surface area contributed by atoms with Crippen molar-refractivity contribution in [2.45, 2.75) is 6.92 Å². The number of benzene rings is 1. The highest BCUT2D eigenvalue weighted by molar-refractivity contribution is 9.09. The van der Waals surface area contributed by atoms with Gasteiger partial charge in [-0.2, -0.15) is 0 Å². The number of nitrogens with zero attached hydrogens (tertiary/aromatic N) is 2. The van der Waals surface area contributed by atoms with Crippen molar-refractivity contribution in [2.75, 3.05) is 11.9 Å². The van der Waals surface area contributed by atoms with Gasteiger partial charge in [0.05, 0.1) is 17.5 Å². The van der Waals surface area contributed by atoms with E-state index < -0.39 is 0 Å². The Morgan fingerprint density at radius 3 is 3.07 bits per heavy atom. The summed E-state index contributed by atoms with van der Waals surface area (Å²) in [6.07, 6.45) is 1.81. The van der Waals surface area contributed by atoms with Crippen LogP contribution in [0, 0.1) is 6.92 Å². The van der Waals surface area contributed by atoms with Gasteiger partial charge in [0, 0.05) is 11.5 Å². The molecule has 0 unspecified atom stereocenters. The minimum Gasteiger partial charge on any atom is -0.492 e. The summed E-state index contributed by atoms with van der Waals surface area (Å²) in [6, 6.07) is 5.84. The SMILES string of the molecule is Cc1ncc2c(OCCBr)cccc2n1. The number of aryl methyl sites for hydroxylation is 1. The fourth-order valence-corrected chi connectivity index (χ4v) is 1.56. The van der Waals surface area contributed by atoms with E-state index >= 15 is 0 Å². The summed E-state index contributed by atoms with van der Waals surface area (Å²) in [5, 5.41) is 1.78. The van der Waals surface area contributed by atoms with Crippen molar-refractivity contribution in [1.29, 1.82) is 0 Å². The monoisotopic (exact) mass is 266 g/mol. The van der Waals surface area contributed by atoms with Gasteiger partial charge in [-0.05, 0) is 19.1 Å². The van der Waals surface area contributed by atoms with E-state index in [9.17, 15) is 0 Å². The van der Waals surface area contributed by atoms with Gasteiger partial charge in [-0.25, -0.2) is 9.97 Å². The molecule has 4 heteroatoms. The van der Waals surface area contributed by atoms with Crippen molar-refractivity contribution in [1.82, 2.24) is 9.97 Å². The summed E-state index contributed by atoms with van der Waals surface area (Å²) in [7, 11) is 0. The Balaban J connectivity index is 2.46. The number of alkyl halides is 1. The predicted octanol–water partition coefficient (Wildman–Crippen LogP) is 2.71. The number of rotatable bonds is 3. The van der Waals surface area contributed by atoms with Crippen LogP contribution in [-0.4, -0.2) is 21.9 Å². The van der Waals surface area contributed by atoms with E-state index in [1.54, 1.807) is 6.20 Å². The van der Waals surface area contributed by atoms with E-state index in [4.69, 9.17) is 4.74 Å². The van der Waals surface area contributed by atoms with E-state index in [1.807, 2.05) is 25.1 Å². The molecular formula is C11H11BrN2O. The van der Waals surface area contributed by atoms with Gasteiger partial charge < -0.3 is 4.74 Å². The second kappa shape index (κ2) is 4.57. The van der Waals surface area contributed by atoms with E-state index in [0.29, 0.717) is 6.61 Å². The van der Waals surface area contributed by atoms with Gasteiger partial charge in [0.25, 0.3) is 0 Å².